The Bertz CT molecular complexity index is 498. The van der Waals surface area contributed by atoms with Gasteiger partial charge in [0.1, 0.15) is 0 Å². The Kier molecular flexibility index (Phi) is 3.06. The third kappa shape index (κ3) is 2.15. The molecule has 2 heterocycles. The smallest absolute Gasteiger partial charge is 0.372 e. The average Bonchev–Trinajstić information content (AvgIpc) is 2.84. The van der Waals surface area contributed by atoms with Crippen molar-refractivity contribution in [2.24, 2.45) is 0 Å². The first-order chi connectivity index (χ1) is 9.00. The zero-order valence-corrected chi connectivity index (χ0v) is 10.7. The molecule has 19 heavy (non-hydrogen) atoms. The highest BCUT2D eigenvalue weighted by Gasteiger charge is 2.41. The van der Waals surface area contributed by atoms with E-state index in [9.17, 15) is 13.2 Å². The van der Waals surface area contributed by atoms with Crippen molar-refractivity contribution in [2.75, 3.05) is 13.1 Å². The van der Waals surface area contributed by atoms with E-state index < -0.39 is 11.7 Å². The Morgan fingerprint density at radius 1 is 1.32 bits per heavy atom. The summed E-state index contributed by atoms with van der Waals surface area (Å²) in [5.74, 6) is 0.0522. The lowest BCUT2D eigenvalue weighted by Crippen LogP contribution is -2.29. The van der Waals surface area contributed by atoms with Gasteiger partial charge in [-0.15, -0.1) is 0 Å². The standard InChI is InChI=1S/C14H16F3NO/c1-2-8-3-9-10-5-18-6-13(10)19-7-11(9)12(4-8)14(15,16)17/h3-4,10,13,18H,2,5-7H2,1H3/t10?,13-/m0/s1. The van der Waals surface area contributed by atoms with Crippen molar-refractivity contribution in [1.82, 2.24) is 5.32 Å². The molecule has 1 unspecified atom stereocenters. The van der Waals surface area contributed by atoms with Gasteiger partial charge in [-0.25, -0.2) is 0 Å². The van der Waals surface area contributed by atoms with Crippen molar-refractivity contribution in [2.45, 2.75) is 38.1 Å². The summed E-state index contributed by atoms with van der Waals surface area (Å²) in [6.45, 7) is 3.37. The Morgan fingerprint density at radius 2 is 2.11 bits per heavy atom. The highest BCUT2D eigenvalue weighted by molar-refractivity contribution is 5.45. The number of nitrogens with one attached hydrogen (secondary N) is 1. The third-order valence-electron chi connectivity index (χ3n) is 4.06. The van der Waals surface area contributed by atoms with Gasteiger partial charge in [-0.1, -0.05) is 13.0 Å². The maximum Gasteiger partial charge on any atom is 0.416 e. The summed E-state index contributed by atoms with van der Waals surface area (Å²) in [6, 6.07) is 3.20. The molecule has 1 saturated heterocycles. The maximum atomic E-state index is 13.2. The van der Waals surface area contributed by atoms with Crippen LogP contribution in [0.15, 0.2) is 12.1 Å². The Morgan fingerprint density at radius 3 is 2.79 bits per heavy atom. The number of rotatable bonds is 1. The van der Waals surface area contributed by atoms with Crippen molar-refractivity contribution in [3.05, 3.63) is 34.4 Å². The number of ether oxygens (including phenoxy) is 1. The van der Waals surface area contributed by atoms with E-state index in [1.54, 1.807) is 0 Å². The van der Waals surface area contributed by atoms with Crippen LogP contribution in [0.2, 0.25) is 0 Å². The molecule has 1 fully saturated rings. The average molecular weight is 271 g/mol. The fraction of sp³-hybridized carbons (Fsp3) is 0.571. The number of fused-ring (bicyclic) bond motifs is 3. The second-order valence-electron chi connectivity index (χ2n) is 5.18. The maximum absolute atomic E-state index is 13.2. The SMILES string of the molecule is CCc1cc2c(c(C(F)(F)F)c1)CO[C@H]1CNCC21. The molecule has 2 aliphatic heterocycles. The van der Waals surface area contributed by atoms with Crippen LogP contribution in [0.5, 0.6) is 0 Å². The molecular weight excluding hydrogens is 255 g/mol. The second kappa shape index (κ2) is 4.49. The quantitative estimate of drug-likeness (QED) is 0.848. The van der Waals surface area contributed by atoms with Crippen molar-refractivity contribution in [3.63, 3.8) is 0 Å². The van der Waals surface area contributed by atoms with E-state index in [1.807, 2.05) is 13.0 Å². The van der Waals surface area contributed by atoms with Crippen LogP contribution >= 0.6 is 0 Å². The molecule has 0 spiro atoms. The number of aryl methyl sites for hydroxylation is 1. The lowest BCUT2D eigenvalue weighted by molar-refractivity contribution is -0.139. The number of benzene rings is 1. The summed E-state index contributed by atoms with van der Waals surface area (Å²) in [6.07, 6.45) is -3.68. The van der Waals surface area contributed by atoms with E-state index in [0.29, 0.717) is 18.5 Å². The minimum absolute atomic E-state index is 0.0145. The predicted molar refractivity (Wildman–Crippen MR) is 65.0 cm³/mol. The lowest BCUT2D eigenvalue weighted by Gasteiger charge is -2.30. The van der Waals surface area contributed by atoms with Gasteiger partial charge in [0, 0.05) is 19.0 Å². The number of halogens is 3. The summed E-state index contributed by atoms with van der Waals surface area (Å²) in [5.41, 5.74) is 1.38. The molecule has 0 radical (unpaired) electrons. The molecule has 0 aromatic heterocycles. The minimum atomic E-state index is -4.31. The van der Waals surface area contributed by atoms with Crippen molar-refractivity contribution in [1.29, 1.82) is 0 Å². The van der Waals surface area contributed by atoms with Gasteiger partial charge in [0.2, 0.25) is 0 Å². The first-order valence-corrected chi connectivity index (χ1v) is 6.56. The van der Waals surface area contributed by atoms with Gasteiger partial charge in [0.25, 0.3) is 0 Å². The Labute approximate surface area is 109 Å². The van der Waals surface area contributed by atoms with Gasteiger partial charge in [0.15, 0.2) is 0 Å². The Hall–Kier alpha value is -1.07. The zero-order valence-electron chi connectivity index (χ0n) is 10.7. The zero-order chi connectivity index (χ0) is 13.6. The summed E-state index contributed by atoms with van der Waals surface area (Å²) in [5, 5.41) is 3.19. The number of hydrogen-bond donors (Lipinski definition) is 1. The molecule has 5 heteroatoms. The van der Waals surface area contributed by atoms with Gasteiger partial charge in [-0.3, -0.25) is 0 Å². The highest BCUT2D eigenvalue weighted by atomic mass is 19.4. The molecule has 2 aliphatic rings. The molecule has 2 nitrogen and oxygen atoms in total. The number of hydrogen-bond acceptors (Lipinski definition) is 2. The minimum Gasteiger partial charge on any atom is -0.372 e. The summed E-state index contributed by atoms with van der Waals surface area (Å²) in [7, 11) is 0. The second-order valence-corrected chi connectivity index (χ2v) is 5.18. The molecule has 1 aromatic rings. The van der Waals surface area contributed by atoms with Crippen LogP contribution < -0.4 is 5.32 Å². The molecule has 0 saturated carbocycles. The molecule has 0 bridgehead atoms. The monoisotopic (exact) mass is 271 g/mol. The van der Waals surface area contributed by atoms with Gasteiger partial charge in [0.05, 0.1) is 18.3 Å². The highest BCUT2D eigenvalue weighted by Crippen LogP contribution is 2.41. The topological polar surface area (TPSA) is 21.3 Å². The number of alkyl halides is 3. The van der Waals surface area contributed by atoms with E-state index in [1.165, 1.54) is 6.07 Å². The van der Waals surface area contributed by atoms with E-state index in [-0.39, 0.29) is 18.6 Å². The molecule has 2 atom stereocenters. The van der Waals surface area contributed by atoms with Crippen LogP contribution in [0.4, 0.5) is 13.2 Å². The molecule has 3 rings (SSSR count). The van der Waals surface area contributed by atoms with Crippen molar-refractivity contribution in [3.8, 4) is 0 Å². The van der Waals surface area contributed by atoms with E-state index >= 15 is 0 Å². The van der Waals surface area contributed by atoms with Gasteiger partial charge < -0.3 is 10.1 Å². The normalized spacial score (nSPS) is 26.1. The largest absolute Gasteiger partial charge is 0.416 e. The first-order valence-electron chi connectivity index (χ1n) is 6.56. The van der Waals surface area contributed by atoms with E-state index in [4.69, 9.17) is 4.74 Å². The van der Waals surface area contributed by atoms with Crippen LogP contribution in [-0.2, 0) is 23.9 Å². The summed E-state index contributed by atoms with van der Waals surface area (Å²) < 4.78 is 45.1. The molecule has 104 valence electrons. The van der Waals surface area contributed by atoms with Gasteiger partial charge in [-0.05, 0) is 29.2 Å². The summed E-state index contributed by atoms with van der Waals surface area (Å²) in [4.78, 5) is 0. The fourth-order valence-electron chi connectivity index (χ4n) is 3.04. The summed E-state index contributed by atoms with van der Waals surface area (Å²) >= 11 is 0. The van der Waals surface area contributed by atoms with Crippen LogP contribution in [-0.4, -0.2) is 19.2 Å². The lowest BCUT2D eigenvalue weighted by atomic mass is 9.85. The van der Waals surface area contributed by atoms with E-state index in [2.05, 4.69) is 5.32 Å². The van der Waals surface area contributed by atoms with Crippen molar-refractivity contribution < 1.29 is 17.9 Å². The van der Waals surface area contributed by atoms with Crippen molar-refractivity contribution >= 4 is 0 Å². The van der Waals surface area contributed by atoms with E-state index in [0.717, 1.165) is 17.7 Å². The van der Waals surface area contributed by atoms with Crippen LogP contribution in [0, 0.1) is 0 Å². The fourth-order valence-corrected chi connectivity index (χ4v) is 3.04. The molecule has 1 aromatic carbocycles. The first kappa shape index (κ1) is 12.9. The van der Waals surface area contributed by atoms with Crippen LogP contribution in [0.1, 0.15) is 35.1 Å². The van der Waals surface area contributed by atoms with Crippen LogP contribution in [0.3, 0.4) is 0 Å². The third-order valence-corrected chi connectivity index (χ3v) is 4.06. The Balaban J connectivity index is 2.15. The molecule has 1 N–H and O–H groups in total. The molecular formula is C14H16F3NO. The van der Waals surface area contributed by atoms with Gasteiger partial charge >= 0.3 is 6.18 Å². The molecule has 0 aliphatic carbocycles. The van der Waals surface area contributed by atoms with Crippen LogP contribution in [0.25, 0.3) is 0 Å². The van der Waals surface area contributed by atoms with Gasteiger partial charge in [-0.2, -0.15) is 13.2 Å². The predicted octanol–water partition coefficient (Wildman–Crippen LogP) is 2.85. The molecule has 0 amide bonds.